The van der Waals surface area contributed by atoms with Crippen molar-refractivity contribution in [1.82, 2.24) is 9.47 Å². The van der Waals surface area contributed by atoms with Crippen molar-refractivity contribution in [2.45, 2.75) is 45.4 Å². The standard InChI is InChI=1S/C25H34N2O2/c1-6-14-26(19-24(28)20-29-16-7-2)18-23-9-8-15-27(23)17-21-10-12-22(13-11-21)25(3,4)5/h2,6,8-13,15,24,28H,1,14,16-20H2,3-5H3. The van der Waals surface area contributed by atoms with Gasteiger partial charge in [-0.25, -0.2) is 0 Å². The van der Waals surface area contributed by atoms with Gasteiger partial charge in [-0.05, 0) is 28.7 Å². The first kappa shape index (κ1) is 23.0. The van der Waals surface area contributed by atoms with Crippen molar-refractivity contribution in [3.8, 4) is 12.3 Å². The molecule has 0 bridgehead atoms. The Kier molecular flexibility index (Phi) is 8.72. The highest BCUT2D eigenvalue weighted by molar-refractivity contribution is 5.28. The lowest BCUT2D eigenvalue weighted by Crippen LogP contribution is -2.35. The minimum atomic E-state index is -0.586. The Morgan fingerprint density at radius 1 is 1.28 bits per heavy atom. The van der Waals surface area contributed by atoms with Gasteiger partial charge in [0.2, 0.25) is 0 Å². The third-order valence-electron chi connectivity index (χ3n) is 4.83. The van der Waals surface area contributed by atoms with E-state index in [1.54, 1.807) is 0 Å². The molecule has 156 valence electrons. The Labute approximate surface area is 175 Å². The third kappa shape index (κ3) is 7.55. The van der Waals surface area contributed by atoms with Crippen molar-refractivity contribution >= 4 is 0 Å². The van der Waals surface area contributed by atoms with Crippen LogP contribution in [0.2, 0.25) is 0 Å². The lowest BCUT2D eigenvalue weighted by atomic mass is 9.87. The van der Waals surface area contributed by atoms with Gasteiger partial charge in [0, 0.05) is 38.1 Å². The molecule has 1 N–H and O–H groups in total. The Morgan fingerprint density at radius 3 is 2.62 bits per heavy atom. The molecule has 29 heavy (non-hydrogen) atoms. The maximum atomic E-state index is 10.2. The van der Waals surface area contributed by atoms with E-state index in [0.29, 0.717) is 13.1 Å². The predicted octanol–water partition coefficient (Wildman–Crippen LogP) is 3.83. The van der Waals surface area contributed by atoms with Crippen molar-refractivity contribution in [2.75, 3.05) is 26.3 Å². The normalized spacial score (nSPS) is 12.7. The van der Waals surface area contributed by atoms with E-state index in [1.165, 1.54) is 16.8 Å². The molecule has 0 saturated heterocycles. The number of nitrogens with zero attached hydrogens (tertiary/aromatic N) is 2. The van der Waals surface area contributed by atoms with Crippen molar-refractivity contribution < 1.29 is 9.84 Å². The molecule has 1 heterocycles. The molecule has 2 aromatic rings. The Hall–Kier alpha value is -2.32. The molecule has 0 spiro atoms. The van der Waals surface area contributed by atoms with Crippen LogP contribution in [0.5, 0.6) is 0 Å². The molecule has 1 aromatic carbocycles. The van der Waals surface area contributed by atoms with Crippen LogP contribution in [0.1, 0.15) is 37.6 Å². The molecule has 0 fully saturated rings. The topological polar surface area (TPSA) is 37.6 Å². The molecule has 0 amide bonds. The summed E-state index contributed by atoms with van der Waals surface area (Å²) in [5.41, 5.74) is 3.97. The molecule has 0 aliphatic carbocycles. The van der Waals surface area contributed by atoms with Gasteiger partial charge in [0.05, 0.1) is 12.7 Å². The second kappa shape index (κ2) is 11.0. The molecular formula is C25H34N2O2. The maximum Gasteiger partial charge on any atom is 0.107 e. The second-order valence-electron chi connectivity index (χ2n) is 8.43. The van der Waals surface area contributed by atoms with E-state index in [1.807, 2.05) is 6.08 Å². The van der Waals surface area contributed by atoms with E-state index in [0.717, 1.165) is 13.1 Å². The van der Waals surface area contributed by atoms with Gasteiger partial charge in [-0.1, -0.05) is 57.0 Å². The van der Waals surface area contributed by atoms with Crippen molar-refractivity contribution in [1.29, 1.82) is 0 Å². The van der Waals surface area contributed by atoms with Crippen LogP contribution in [0.4, 0.5) is 0 Å². The summed E-state index contributed by atoms with van der Waals surface area (Å²) in [6.45, 7) is 13.7. The summed E-state index contributed by atoms with van der Waals surface area (Å²) in [5.74, 6) is 2.41. The number of terminal acetylenes is 1. The lowest BCUT2D eigenvalue weighted by molar-refractivity contribution is 0.0281. The highest BCUT2D eigenvalue weighted by Crippen LogP contribution is 2.22. The van der Waals surface area contributed by atoms with Gasteiger partial charge in [0.25, 0.3) is 0 Å². The van der Waals surface area contributed by atoms with E-state index in [4.69, 9.17) is 11.2 Å². The predicted molar refractivity (Wildman–Crippen MR) is 120 cm³/mol. The molecule has 1 atom stereocenters. The zero-order valence-electron chi connectivity index (χ0n) is 18.0. The SMILES string of the molecule is C#CCOCC(O)CN(CC=C)Cc1cccn1Cc1ccc(C(C)(C)C)cc1. The van der Waals surface area contributed by atoms with Crippen LogP contribution in [-0.4, -0.2) is 47.0 Å². The number of aliphatic hydroxyl groups is 1. The molecule has 0 radical (unpaired) electrons. The lowest BCUT2D eigenvalue weighted by Gasteiger charge is -2.24. The Balaban J connectivity index is 2.01. The van der Waals surface area contributed by atoms with Crippen LogP contribution in [-0.2, 0) is 23.2 Å². The molecule has 1 aromatic heterocycles. The minimum Gasteiger partial charge on any atom is -0.389 e. The first-order chi connectivity index (χ1) is 13.8. The second-order valence-corrected chi connectivity index (χ2v) is 8.43. The van der Waals surface area contributed by atoms with Crippen LogP contribution in [0.15, 0.2) is 55.3 Å². The van der Waals surface area contributed by atoms with Crippen molar-refractivity contribution in [2.24, 2.45) is 0 Å². The van der Waals surface area contributed by atoms with Gasteiger partial charge in [-0.3, -0.25) is 4.90 Å². The molecule has 1 unspecified atom stereocenters. The maximum absolute atomic E-state index is 10.2. The van der Waals surface area contributed by atoms with Crippen molar-refractivity contribution in [3.05, 3.63) is 72.1 Å². The monoisotopic (exact) mass is 394 g/mol. The number of benzene rings is 1. The van der Waals surface area contributed by atoms with Gasteiger partial charge < -0.3 is 14.4 Å². The largest absolute Gasteiger partial charge is 0.389 e. The average Bonchev–Trinajstić information content (AvgIpc) is 3.08. The highest BCUT2D eigenvalue weighted by Gasteiger charge is 2.15. The Bertz CT molecular complexity index is 793. The van der Waals surface area contributed by atoms with Crippen LogP contribution < -0.4 is 0 Å². The first-order valence-corrected chi connectivity index (χ1v) is 10.1. The van der Waals surface area contributed by atoms with Crippen LogP contribution >= 0.6 is 0 Å². The molecule has 0 aliphatic rings. The highest BCUT2D eigenvalue weighted by atomic mass is 16.5. The molecule has 4 nitrogen and oxygen atoms in total. The van der Waals surface area contributed by atoms with Crippen LogP contribution in [0, 0.1) is 12.3 Å². The van der Waals surface area contributed by atoms with E-state index < -0.39 is 6.10 Å². The number of ether oxygens (including phenoxy) is 1. The minimum absolute atomic E-state index is 0.160. The molecule has 2 rings (SSSR count). The summed E-state index contributed by atoms with van der Waals surface area (Å²) >= 11 is 0. The molecule has 4 heteroatoms. The van der Waals surface area contributed by atoms with E-state index in [-0.39, 0.29) is 18.6 Å². The van der Waals surface area contributed by atoms with Crippen LogP contribution in [0.3, 0.4) is 0 Å². The zero-order chi connectivity index (χ0) is 21.3. The summed E-state index contributed by atoms with van der Waals surface area (Å²) in [6, 6.07) is 13.0. The number of aliphatic hydroxyl groups excluding tert-OH is 1. The number of hydrogen-bond donors (Lipinski definition) is 1. The molecular weight excluding hydrogens is 360 g/mol. The summed E-state index contributed by atoms with van der Waals surface area (Å²) < 4.78 is 7.50. The van der Waals surface area contributed by atoms with E-state index in [9.17, 15) is 5.11 Å². The number of aromatic nitrogens is 1. The number of hydrogen-bond acceptors (Lipinski definition) is 3. The molecule has 0 aliphatic heterocycles. The van der Waals surface area contributed by atoms with E-state index >= 15 is 0 Å². The Morgan fingerprint density at radius 2 is 2.00 bits per heavy atom. The van der Waals surface area contributed by atoms with Crippen molar-refractivity contribution in [3.63, 3.8) is 0 Å². The quantitative estimate of drug-likeness (QED) is 0.358. The summed E-state index contributed by atoms with van der Waals surface area (Å²) in [6.07, 6.45) is 8.55. The fourth-order valence-electron chi connectivity index (χ4n) is 3.27. The first-order valence-electron chi connectivity index (χ1n) is 10.1. The summed E-state index contributed by atoms with van der Waals surface area (Å²) in [5, 5.41) is 10.2. The van der Waals surface area contributed by atoms with Gasteiger partial charge in [0.1, 0.15) is 6.61 Å². The summed E-state index contributed by atoms with van der Waals surface area (Å²) in [7, 11) is 0. The van der Waals surface area contributed by atoms with Crippen LogP contribution in [0.25, 0.3) is 0 Å². The fourth-order valence-corrected chi connectivity index (χ4v) is 3.27. The van der Waals surface area contributed by atoms with Gasteiger partial charge in [0.15, 0.2) is 0 Å². The third-order valence-corrected chi connectivity index (χ3v) is 4.83. The van der Waals surface area contributed by atoms with Gasteiger partial charge in [-0.2, -0.15) is 0 Å². The number of rotatable bonds is 11. The van der Waals surface area contributed by atoms with E-state index in [2.05, 4.69) is 85.3 Å². The fraction of sp³-hybridized carbons (Fsp3) is 0.440. The van der Waals surface area contributed by atoms with Gasteiger partial charge in [-0.15, -0.1) is 13.0 Å². The molecule has 0 saturated carbocycles. The summed E-state index contributed by atoms with van der Waals surface area (Å²) in [4.78, 5) is 2.16. The van der Waals surface area contributed by atoms with Gasteiger partial charge >= 0.3 is 0 Å². The zero-order valence-corrected chi connectivity index (χ0v) is 18.0. The smallest absolute Gasteiger partial charge is 0.107 e. The average molecular weight is 395 g/mol.